The van der Waals surface area contributed by atoms with Gasteiger partial charge in [-0.25, -0.2) is 8.42 Å². The van der Waals surface area contributed by atoms with E-state index in [1.807, 2.05) is 39.8 Å². The van der Waals surface area contributed by atoms with Crippen LogP contribution in [0.15, 0.2) is 77.7 Å². The molecule has 3 aromatic carbocycles. The third kappa shape index (κ3) is 8.25. The van der Waals surface area contributed by atoms with Gasteiger partial charge in [-0.1, -0.05) is 50.6 Å². The zero-order valence-corrected chi connectivity index (χ0v) is 26.0. The molecule has 10 heteroatoms. The Labute approximate surface area is 249 Å². The monoisotopic (exact) mass is 595 g/mol. The number of hydrogen-bond donors (Lipinski definition) is 1. The first-order chi connectivity index (χ1) is 20.0. The first-order valence-electron chi connectivity index (χ1n) is 13.9. The highest BCUT2D eigenvalue weighted by molar-refractivity contribution is 7.92. The molecule has 0 fully saturated rings. The summed E-state index contributed by atoms with van der Waals surface area (Å²) in [5, 5.41) is 2.93. The van der Waals surface area contributed by atoms with Gasteiger partial charge in [-0.2, -0.15) is 0 Å². The summed E-state index contributed by atoms with van der Waals surface area (Å²) in [6.45, 7) is 7.79. The second-order valence-electron chi connectivity index (χ2n) is 10.5. The van der Waals surface area contributed by atoms with Gasteiger partial charge in [0.15, 0.2) is 0 Å². The van der Waals surface area contributed by atoms with Crippen LogP contribution in [0.5, 0.6) is 11.5 Å². The summed E-state index contributed by atoms with van der Waals surface area (Å²) in [6.07, 6.45) is 0.349. The number of methoxy groups -OCH3 is 2. The van der Waals surface area contributed by atoms with Crippen molar-refractivity contribution in [2.45, 2.75) is 51.6 Å². The maximum Gasteiger partial charge on any atom is 0.264 e. The van der Waals surface area contributed by atoms with Crippen molar-refractivity contribution in [1.29, 1.82) is 0 Å². The third-order valence-corrected chi connectivity index (χ3v) is 8.62. The van der Waals surface area contributed by atoms with Gasteiger partial charge in [-0.05, 0) is 73.4 Å². The fourth-order valence-corrected chi connectivity index (χ4v) is 5.80. The van der Waals surface area contributed by atoms with E-state index in [1.165, 1.54) is 24.1 Å². The quantitative estimate of drug-likeness (QED) is 0.288. The molecule has 0 aliphatic rings. The average molecular weight is 596 g/mol. The van der Waals surface area contributed by atoms with Gasteiger partial charge in [0, 0.05) is 13.1 Å². The molecule has 1 atom stereocenters. The van der Waals surface area contributed by atoms with E-state index in [9.17, 15) is 18.0 Å². The average Bonchev–Trinajstić information content (AvgIpc) is 2.99. The summed E-state index contributed by atoms with van der Waals surface area (Å²) in [5.41, 5.74) is 2.06. The molecule has 0 unspecified atom stereocenters. The molecule has 2 amide bonds. The largest absolute Gasteiger partial charge is 0.497 e. The Bertz CT molecular complexity index is 1420. The molecular weight excluding hydrogens is 554 g/mol. The Morgan fingerprint density at radius 3 is 1.90 bits per heavy atom. The number of rotatable bonds is 14. The van der Waals surface area contributed by atoms with Crippen LogP contribution in [0.3, 0.4) is 0 Å². The minimum atomic E-state index is -4.16. The first-order valence-corrected chi connectivity index (χ1v) is 15.4. The number of carbonyl (C=O) groups is 2. The summed E-state index contributed by atoms with van der Waals surface area (Å²) < 4.78 is 39.5. The molecule has 9 nitrogen and oxygen atoms in total. The molecule has 3 rings (SSSR count). The molecule has 0 aromatic heterocycles. The number of sulfonamides is 1. The lowest BCUT2D eigenvalue weighted by Gasteiger charge is -2.33. The molecule has 0 bridgehead atoms. The summed E-state index contributed by atoms with van der Waals surface area (Å²) in [7, 11) is -1.09. The SMILES string of the molecule is CC[C@H](C(=O)NCC(C)C)N(Cc1ccc(OC)cc1)C(=O)CN(c1ccc(C)cc1)S(=O)(=O)c1ccc(OC)cc1. The van der Waals surface area contributed by atoms with Crippen LogP contribution < -0.4 is 19.1 Å². The second-order valence-corrected chi connectivity index (χ2v) is 12.3. The smallest absolute Gasteiger partial charge is 0.264 e. The van der Waals surface area contributed by atoms with Crippen LogP contribution in [0.25, 0.3) is 0 Å². The highest BCUT2D eigenvalue weighted by atomic mass is 32.2. The van der Waals surface area contributed by atoms with E-state index in [0.29, 0.717) is 30.2 Å². The number of benzene rings is 3. The number of hydrogen-bond acceptors (Lipinski definition) is 6. The predicted octanol–water partition coefficient (Wildman–Crippen LogP) is 4.79. The van der Waals surface area contributed by atoms with E-state index < -0.39 is 28.5 Å². The normalized spacial score (nSPS) is 12.0. The van der Waals surface area contributed by atoms with Crippen molar-refractivity contribution in [3.8, 4) is 11.5 Å². The highest BCUT2D eigenvalue weighted by Gasteiger charge is 2.33. The number of ether oxygens (including phenoxy) is 2. The lowest BCUT2D eigenvalue weighted by molar-refractivity contribution is -0.140. The molecule has 0 radical (unpaired) electrons. The Morgan fingerprint density at radius 1 is 0.857 bits per heavy atom. The molecular formula is C32H41N3O6S. The lowest BCUT2D eigenvalue weighted by atomic mass is 10.1. The first kappa shape index (κ1) is 32.5. The van der Waals surface area contributed by atoms with Gasteiger partial charge in [-0.3, -0.25) is 13.9 Å². The minimum absolute atomic E-state index is 0.0140. The van der Waals surface area contributed by atoms with Crippen LogP contribution in [-0.2, 0) is 26.2 Å². The van der Waals surface area contributed by atoms with E-state index in [0.717, 1.165) is 15.4 Å². The van der Waals surface area contributed by atoms with E-state index in [1.54, 1.807) is 55.6 Å². The molecule has 3 aromatic rings. The number of aryl methyl sites for hydroxylation is 1. The van der Waals surface area contributed by atoms with Crippen LogP contribution in [0.4, 0.5) is 5.69 Å². The fraction of sp³-hybridized carbons (Fsp3) is 0.375. The summed E-state index contributed by atoms with van der Waals surface area (Å²) >= 11 is 0. The Morgan fingerprint density at radius 2 is 1.40 bits per heavy atom. The number of nitrogens with zero attached hydrogens (tertiary/aromatic N) is 2. The van der Waals surface area contributed by atoms with Crippen molar-refractivity contribution in [3.63, 3.8) is 0 Å². The summed E-state index contributed by atoms with van der Waals surface area (Å²) in [5.74, 6) is 0.608. The Balaban J connectivity index is 2.04. The predicted molar refractivity (Wildman–Crippen MR) is 164 cm³/mol. The van der Waals surface area contributed by atoms with Crippen molar-refractivity contribution in [3.05, 3.63) is 83.9 Å². The molecule has 0 heterocycles. The molecule has 0 aliphatic carbocycles. The van der Waals surface area contributed by atoms with Gasteiger partial charge >= 0.3 is 0 Å². The number of carbonyl (C=O) groups excluding carboxylic acids is 2. The van der Waals surface area contributed by atoms with Gasteiger partial charge in [0.05, 0.1) is 24.8 Å². The summed E-state index contributed by atoms with van der Waals surface area (Å²) in [6, 6.07) is 19.3. The number of nitrogens with one attached hydrogen (secondary N) is 1. The molecule has 0 saturated heterocycles. The van der Waals surface area contributed by atoms with E-state index in [4.69, 9.17) is 9.47 Å². The highest BCUT2D eigenvalue weighted by Crippen LogP contribution is 2.26. The van der Waals surface area contributed by atoms with Crippen molar-refractivity contribution in [2.24, 2.45) is 5.92 Å². The van der Waals surface area contributed by atoms with Crippen molar-refractivity contribution < 1.29 is 27.5 Å². The Hall–Kier alpha value is -4.05. The molecule has 0 spiro atoms. The van der Waals surface area contributed by atoms with Crippen molar-refractivity contribution in [1.82, 2.24) is 10.2 Å². The van der Waals surface area contributed by atoms with Crippen LogP contribution in [0.2, 0.25) is 0 Å². The van der Waals surface area contributed by atoms with Gasteiger partial charge < -0.3 is 19.7 Å². The summed E-state index contributed by atoms with van der Waals surface area (Å²) in [4.78, 5) is 28.9. The standard InChI is InChI=1S/C32H41N3O6S/c1-7-30(32(37)33-20-23(2)3)34(21-25-10-14-27(40-5)15-11-25)31(36)22-35(26-12-8-24(4)9-13-26)42(38,39)29-18-16-28(41-6)17-19-29/h8-19,23,30H,7,20-22H2,1-6H3,(H,33,37)/t30-/m1/s1. The van der Waals surface area contributed by atoms with Gasteiger partial charge in [0.25, 0.3) is 10.0 Å². The zero-order valence-electron chi connectivity index (χ0n) is 25.2. The molecule has 0 aliphatic heterocycles. The van der Waals surface area contributed by atoms with Crippen LogP contribution in [0.1, 0.15) is 38.3 Å². The Kier molecular flexibility index (Phi) is 11.4. The van der Waals surface area contributed by atoms with Crippen LogP contribution >= 0.6 is 0 Å². The van der Waals surface area contributed by atoms with E-state index >= 15 is 0 Å². The third-order valence-electron chi connectivity index (χ3n) is 6.83. The zero-order chi connectivity index (χ0) is 30.9. The minimum Gasteiger partial charge on any atom is -0.497 e. The second kappa shape index (κ2) is 14.7. The topological polar surface area (TPSA) is 105 Å². The van der Waals surface area contributed by atoms with Crippen LogP contribution in [0, 0.1) is 12.8 Å². The van der Waals surface area contributed by atoms with E-state index in [-0.39, 0.29) is 23.3 Å². The maximum absolute atomic E-state index is 14.1. The van der Waals surface area contributed by atoms with Gasteiger partial charge in [0.2, 0.25) is 11.8 Å². The molecule has 42 heavy (non-hydrogen) atoms. The van der Waals surface area contributed by atoms with Crippen LogP contribution in [-0.4, -0.2) is 58.5 Å². The van der Waals surface area contributed by atoms with E-state index in [2.05, 4.69) is 5.32 Å². The molecule has 226 valence electrons. The molecule has 0 saturated carbocycles. The van der Waals surface area contributed by atoms with Gasteiger partial charge in [-0.15, -0.1) is 0 Å². The van der Waals surface area contributed by atoms with Crippen molar-refractivity contribution >= 4 is 27.5 Å². The van der Waals surface area contributed by atoms with Crippen molar-refractivity contribution in [2.75, 3.05) is 31.6 Å². The number of anilines is 1. The maximum atomic E-state index is 14.1. The van der Waals surface area contributed by atoms with Gasteiger partial charge in [0.1, 0.15) is 24.1 Å². The number of amides is 2. The molecule has 1 N–H and O–H groups in total. The fourth-order valence-electron chi connectivity index (χ4n) is 4.38. The lowest BCUT2D eigenvalue weighted by Crippen LogP contribution is -2.52.